The summed E-state index contributed by atoms with van der Waals surface area (Å²) in [5, 5.41) is 4.10. The lowest BCUT2D eigenvalue weighted by molar-refractivity contribution is -0.135. The van der Waals surface area contributed by atoms with Crippen LogP contribution in [0.3, 0.4) is 0 Å². The fourth-order valence-electron chi connectivity index (χ4n) is 4.29. The van der Waals surface area contributed by atoms with Crippen molar-refractivity contribution < 1.29 is 14.0 Å². The van der Waals surface area contributed by atoms with Crippen LogP contribution in [0.25, 0.3) is 11.0 Å². The van der Waals surface area contributed by atoms with Crippen LogP contribution in [0.2, 0.25) is 0 Å². The fourth-order valence-corrected chi connectivity index (χ4v) is 4.29. The molecule has 0 bridgehead atoms. The normalized spacial score (nSPS) is 19.6. The summed E-state index contributed by atoms with van der Waals surface area (Å²) in [6.07, 6.45) is 1.84. The summed E-state index contributed by atoms with van der Waals surface area (Å²) >= 11 is 0. The van der Waals surface area contributed by atoms with E-state index in [1.807, 2.05) is 53.1 Å². The van der Waals surface area contributed by atoms with E-state index in [-0.39, 0.29) is 42.7 Å². The van der Waals surface area contributed by atoms with Gasteiger partial charge in [0, 0.05) is 49.7 Å². The number of piperazine rings is 1. The minimum absolute atomic E-state index is 0. The summed E-state index contributed by atoms with van der Waals surface area (Å²) in [5.41, 5.74) is 1.68. The van der Waals surface area contributed by atoms with E-state index in [0.29, 0.717) is 38.5 Å². The van der Waals surface area contributed by atoms with Crippen LogP contribution < -0.4 is 5.32 Å². The van der Waals surface area contributed by atoms with Crippen molar-refractivity contribution in [3.63, 3.8) is 0 Å². The highest BCUT2D eigenvalue weighted by Gasteiger charge is 2.34. The lowest BCUT2D eigenvalue weighted by Crippen LogP contribution is -2.57. The van der Waals surface area contributed by atoms with Crippen LogP contribution in [0.1, 0.15) is 29.0 Å². The topological polar surface area (TPSA) is 69.0 Å². The van der Waals surface area contributed by atoms with E-state index in [1.54, 1.807) is 0 Å². The predicted molar refractivity (Wildman–Crippen MR) is 122 cm³/mol. The minimum atomic E-state index is -0.0691. The third-order valence-electron chi connectivity index (χ3n) is 5.62. The molecule has 1 aromatic carbocycles. The van der Waals surface area contributed by atoms with Crippen molar-refractivity contribution in [2.45, 2.75) is 25.4 Å². The van der Waals surface area contributed by atoms with E-state index >= 15 is 0 Å². The number of nitrogens with one attached hydrogen (secondary N) is 1. The number of piperidine rings is 1. The zero-order valence-electron chi connectivity index (χ0n) is 17.4. The standard InChI is InChI=1S/C21H28N4O3.2ClH/c1-23(2)14-17-16-7-3-4-8-18(16)28-20(17)21(27)24-10-5-6-15(13-24)25-11-9-22-12-19(25)26;;/h3-4,7-8,15,22H,5-6,9-14H2,1-2H3;2*1H. The van der Waals surface area contributed by atoms with Gasteiger partial charge in [-0.1, -0.05) is 18.2 Å². The van der Waals surface area contributed by atoms with Crippen molar-refractivity contribution in [3.8, 4) is 0 Å². The summed E-state index contributed by atoms with van der Waals surface area (Å²) in [6.45, 7) is 3.83. The van der Waals surface area contributed by atoms with Gasteiger partial charge < -0.3 is 24.4 Å². The van der Waals surface area contributed by atoms with Crippen molar-refractivity contribution in [1.82, 2.24) is 20.0 Å². The molecule has 2 aliphatic heterocycles. The molecule has 3 heterocycles. The highest BCUT2D eigenvalue weighted by atomic mass is 35.5. The second-order valence-electron chi connectivity index (χ2n) is 7.95. The van der Waals surface area contributed by atoms with Crippen molar-refractivity contribution >= 4 is 47.6 Å². The van der Waals surface area contributed by atoms with E-state index in [0.717, 1.165) is 35.9 Å². The van der Waals surface area contributed by atoms with Gasteiger partial charge in [0.1, 0.15) is 5.58 Å². The Balaban J connectivity index is 0.00000160. The first kappa shape index (κ1) is 24.5. The average molecular weight is 457 g/mol. The van der Waals surface area contributed by atoms with Gasteiger partial charge in [-0.05, 0) is 33.0 Å². The second kappa shape index (κ2) is 10.5. The molecule has 2 saturated heterocycles. The van der Waals surface area contributed by atoms with E-state index in [4.69, 9.17) is 4.42 Å². The molecule has 0 spiro atoms. The number of likely N-dealkylation sites (tertiary alicyclic amines) is 1. The van der Waals surface area contributed by atoms with Gasteiger partial charge in [0.2, 0.25) is 5.91 Å². The smallest absolute Gasteiger partial charge is 0.290 e. The molecule has 7 nitrogen and oxygen atoms in total. The molecule has 0 saturated carbocycles. The SMILES string of the molecule is CN(C)Cc1c(C(=O)N2CCCC(N3CCNCC3=O)C2)oc2ccccc12.Cl.Cl. The highest BCUT2D eigenvalue weighted by molar-refractivity contribution is 5.99. The molecule has 166 valence electrons. The van der Waals surface area contributed by atoms with E-state index in [2.05, 4.69) is 5.32 Å². The third kappa shape index (κ3) is 4.91. The number of benzene rings is 1. The molecule has 2 aromatic rings. The Kier molecular flexibility index (Phi) is 8.55. The Morgan fingerprint density at radius 3 is 2.73 bits per heavy atom. The first-order chi connectivity index (χ1) is 13.5. The van der Waals surface area contributed by atoms with Gasteiger partial charge in [-0.25, -0.2) is 0 Å². The van der Waals surface area contributed by atoms with Crippen LogP contribution in [0.4, 0.5) is 0 Å². The van der Waals surface area contributed by atoms with Gasteiger partial charge in [0.05, 0.1) is 6.54 Å². The average Bonchev–Trinajstić information content (AvgIpc) is 3.06. The maximum absolute atomic E-state index is 13.4. The molecule has 1 N–H and O–H groups in total. The van der Waals surface area contributed by atoms with E-state index < -0.39 is 0 Å². The Morgan fingerprint density at radius 1 is 1.23 bits per heavy atom. The predicted octanol–water partition coefficient (Wildman–Crippen LogP) is 2.37. The monoisotopic (exact) mass is 456 g/mol. The molecule has 1 unspecified atom stereocenters. The Hall–Kier alpha value is -1.80. The second-order valence-corrected chi connectivity index (χ2v) is 7.95. The molecule has 0 radical (unpaired) electrons. The fraction of sp³-hybridized carbons (Fsp3) is 0.524. The Bertz CT molecular complexity index is 886. The summed E-state index contributed by atoms with van der Waals surface area (Å²) < 4.78 is 6.01. The van der Waals surface area contributed by atoms with E-state index in [1.165, 1.54) is 0 Å². The first-order valence-corrected chi connectivity index (χ1v) is 9.99. The van der Waals surface area contributed by atoms with Crippen LogP contribution in [0.15, 0.2) is 28.7 Å². The lowest BCUT2D eigenvalue weighted by Gasteiger charge is -2.41. The van der Waals surface area contributed by atoms with Crippen LogP contribution in [0.5, 0.6) is 0 Å². The lowest BCUT2D eigenvalue weighted by atomic mass is 10.0. The molecular formula is C21H30Cl2N4O3. The zero-order chi connectivity index (χ0) is 19.7. The number of hydrogen-bond acceptors (Lipinski definition) is 5. The number of fused-ring (bicyclic) bond motifs is 1. The third-order valence-corrected chi connectivity index (χ3v) is 5.62. The summed E-state index contributed by atoms with van der Waals surface area (Å²) in [4.78, 5) is 31.5. The molecule has 4 rings (SSSR count). The zero-order valence-corrected chi connectivity index (χ0v) is 19.1. The molecule has 9 heteroatoms. The number of halogens is 2. The van der Waals surface area contributed by atoms with Gasteiger partial charge in [-0.3, -0.25) is 9.59 Å². The Morgan fingerprint density at radius 2 is 2.00 bits per heavy atom. The summed E-state index contributed by atoms with van der Waals surface area (Å²) in [5.74, 6) is 0.491. The summed E-state index contributed by atoms with van der Waals surface area (Å²) in [7, 11) is 3.98. The number of rotatable bonds is 4. The minimum Gasteiger partial charge on any atom is -0.451 e. The highest BCUT2D eigenvalue weighted by Crippen LogP contribution is 2.29. The van der Waals surface area contributed by atoms with Gasteiger partial charge in [0.15, 0.2) is 5.76 Å². The van der Waals surface area contributed by atoms with Crippen molar-refractivity contribution in [1.29, 1.82) is 0 Å². The van der Waals surface area contributed by atoms with Crippen molar-refractivity contribution in [3.05, 3.63) is 35.6 Å². The number of hydrogen-bond donors (Lipinski definition) is 1. The number of furan rings is 1. The molecule has 2 aliphatic rings. The van der Waals surface area contributed by atoms with Crippen molar-refractivity contribution in [2.24, 2.45) is 0 Å². The molecule has 1 aromatic heterocycles. The molecular weight excluding hydrogens is 427 g/mol. The number of para-hydroxylation sites is 1. The number of amides is 2. The molecule has 0 aliphatic carbocycles. The van der Waals surface area contributed by atoms with Gasteiger partial charge in [-0.15, -0.1) is 24.8 Å². The van der Waals surface area contributed by atoms with Crippen LogP contribution in [-0.2, 0) is 11.3 Å². The van der Waals surface area contributed by atoms with Gasteiger partial charge in [-0.2, -0.15) is 0 Å². The van der Waals surface area contributed by atoms with Gasteiger partial charge in [0.25, 0.3) is 5.91 Å². The van der Waals surface area contributed by atoms with Crippen LogP contribution >= 0.6 is 24.8 Å². The van der Waals surface area contributed by atoms with E-state index in [9.17, 15) is 9.59 Å². The number of carbonyl (C=O) groups excluding carboxylic acids is 2. The molecule has 30 heavy (non-hydrogen) atoms. The van der Waals surface area contributed by atoms with Crippen LogP contribution in [0, 0.1) is 0 Å². The van der Waals surface area contributed by atoms with Crippen molar-refractivity contribution in [2.75, 3.05) is 46.8 Å². The first-order valence-electron chi connectivity index (χ1n) is 9.99. The molecule has 1 atom stereocenters. The Labute approximate surface area is 189 Å². The molecule has 2 amide bonds. The quantitative estimate of drug-likeness (QED) is 0.764. The molecule has 2 fully saturated rings. The van der Waals surface area contributed by atoms with Gasteiger partial charge >= 0.3 is 0 Å². The largest absolute Gasteiger partial charge is 0.451 e. The maximum atomic E-state index is 13.4. The number of carbonyl (C=O) groups is 2. The number of nitrogens with zero attached hydrogens (tertiary/aromatic N) is 3. The summed E-state index contributed by atoms with van der Waals surface area (Å²) in [6, 6.07) is 7.90. The maximum Gasteiger partial charge on any atom is 0.290 e. The van der Waals surface area contributed by atoms with Crippen LogP contribution in [-0.4, -0.2) is 79.4 Å².